The Morgan fingerprint density at radius 3 is 2.58 bits per heavy atom. The number of hydrogen-bond acceptors (Lipinski definition) is 3. The molecule has 0 radical (unpaired) electrons. The average Bonchev–Trinajstić information content (AvgIpc) is 2.56. The molecule has 3 rings (SSSR count). The van der Waals surface area contributed by atoms with Crippen molar-refractivity contribution in [3.05, 3.63) is 74.9 Å². The number of amides is 1. The molecule has 0 aliphatic carbocycles. The zero-order valence-corrected chi connectivity index (χ0v) is 13.2. The first kappa shape index (κ1) is 15.7. The van der Waals surface area contributed by atoms with Crippen LogP contribution in [0.1, 0.15) is 12.5 Å². The van der Waals surface area contributed by atoms with Crippen LogP contribution in [-0.2, 0) is 17.8 Å². The van der Waals surface area contributed by atoms with Gasteiger partial charge in [-0.1, -0.05) is 30.3 Å². The summed E-state index contributed by atoms with van der Waals surface area (Å²) >= 11 is 0. The monoisotopic (exact) mass is 323 g/mol. The van der Waals surface area contributed by atoms with E-state index < -0.39 is 5.69 Å². The van der Waals surface area contributed by atoms with Crippen molar-refractivity contribution in [1.29, 1.82) is 0 Å². The van der Waals surface area contributed by atoms with Crippen LogP contribution in [0.3, 0.4) is 0 Å². The van der Waals surface area contributed by atoms with Crippen LogP contribution in [0.25, 0.3) is 10.9 Å². The summed E-state index contributed by atoms with van der Waals surface area (Å²) in [6.45, 7) is 1.69. The lowest BCUT2D eigenvalue weighted by Gasteiger charge is -2.08. The fourth-order valence-electron chi connectivity index (χ4n) is 2.62. The first-order valence-electron chi connectivity index (χ1n) is 7.63. The molecule has 0 saturated carbocycles. The van der Waals surface area contributed by atoms with Gasteiger partial charge in [0.05, 0.1) is 10.9 Å². The van der Waals surface area contributed by atoms with Crippen LogP contribution >= 0.6 is 0 Å². The smallest absolute Gasteiger partial charge is 0.326 e. The highest BCUT2D eigenvalue weighted by atomic mass is 16.2. The number of aromatic nitrogens is 2. The number of rotatable bonds is 4. The zero-order valence-electron chi connectivity index (χ0n) is 13.2. The van der Waals surface area contributed by atoms with E-state index in [9.17, 15) is 14.4 Å². The van der Waals surface area contributed by atoms with E-state index in [1.54, 1.807) is 18.2 Å². The molecular formula is C18H17N3O3. The Kier molecular flexibility index (Phi) is 4.29. The molecule has 1 heterocycles. The molecule has 1 amide bonds. The van der Waals surface area contributed by atoms with Crippen LogP contribution in [-0.4, -0.2) is 15.5 Å². The molecule has 0 aliphatic rings. The number of fused-ring (bicyclic) bond motifs is 1. The van der Waals surface area contributed by atoms with Crippen molar-refractivity contribution in [2.24, 2.45) is 0 Å². The predicted octanol–water partition coefficient (Wildman–Crippen LogP) is 1.89. The molecule has 0 aliphatic heterocycles. The molecule has 0 bridgehead atoms. The Morgan fingerprint density at radius 1 is 1.12 bits per heavy atom. The molecule has 3 aromatic rings. The van der Waals surface area contributed by atoms with Crippen molar-refractivity contribution in [2.75, 3.05) is 5.32 Å². The number of carbonyl (C=O) groups is 1. The highest BCUT2D eigenvalue weighted by Crippen LogP contribution is 2.13. The Balaban J connectivity index is 1.99. The minimum Gasteiger partial charge on any atom is -0.326 e. The van der Waals surface area contributed by atoms with E-state index in [2.05, 4.69) is 10.3 Å². The van der Waals surface area contributed by atoms with Gasteiger partial charge in [-0.3, -0.25) is 14.2 Å². The first-order valence-corrected chi connectivity index (χ1v) is 7.63. The average molecular weight is 323 g/mol. The van der Waals surface area contributed by atoms with E-state index in [1.807, 2.05) is 30.3 Å². The van der Waals surface area contributed by atoms with Gasteiger partial charge in [0.1, 0.15) is 0 Å². The molecule has 0 atom stereocenters. The number of aryl methyl sites for hydroxylation is 1. The van der Waals surface area contributed by atoms with E-state index >= 15 is 0 Å². The summed E-state index contributed by atoms with van der Waals surface area (Å²) in [5.41, 5.74) is 1.23. The van der Waals surface area contributed by atoms with Crippen LogP contribution in [0.4, 0.5) is 5.69 Å². The second-order valence-electron chi connectivity index (χ2n) is 5.56. The third-order valence-electron chi connectivity index (χ3n) is 3.77. The van der Waals surface area contributed by atoms with Crippen molar-refractivity contribution in [3.63, 3.8) is 0 Å². The van der Waals surface area contributed by atoms with Gasteiger partial charge < -0.3 is 10.3 Å². The Hall–Kier alpha value is -3.15. The third kappa shape index (κ3) is 3.27. The lowest BCUT2D eigenvalue weighted by atomic mass is 10.1. The highest BCUT2D eigenvalue weighted by Gasteiger charge is 2.09. The number of carbonyl (C=O) groups excluding carboxylic acids is 1. The summed E-state index contributed by atoms with van der Waals surface area (Å²) in [7, 11) is 0. The largest absolute Gasteiger partial charge is 0.328 e. The minimum absolute atomic E-state index is 0.219. The van der Waals surface area contributed by atoms with Gasteiger partial charge in [0, 0.05) is 19.2 Å². The molecule has 0 unspecified atom stereocenters. The summed E-state index contributed by atoms with van der Waals surface area (Å²) in [6.07, 6.45) is 0.584. The maximum absolute atomic E-state index is 12.6. The Labute approximate surface area is 137 Å². The van der Waals surface area contributed by atoms with Crippen molar-refractivity contribution >= 4 is 22.5 Å². The predicted molar refractivity (Wildman–Crippen MR) is 93.3 cm³/mol. The van der Waals surface area contributed by atoms with E-state index in [4.69, 9.17) is 0 Å². The van der Waals surface area contributed by atoms with Gasteiger partial charge in [0.15, 0.2) is 0 Å². The van der Waals surface area contributed by atoms with Crippen LogP contribution in [0, 0.1) is 0 Å². The normalized spacial score (nSPS) is 10.7. The molecule has 0 spiro atoms. The summed E-state index contributed by atoms with van der Waals surface area (Å²) < 4.78 is 1.19. The van der Waals surface area contributed by atoms with Gasteiger partial charge in [-0.15, -0.1) is 0 Å². The van der Waals surface area contributed by atoms with E-state index in [0.29, 0.717) is 29.6 Å². The van der Waals surface area contributed by atoms with Crippen molar-refractivity contribution in [2.45, 2.75) is 19.9 Å². The summed E-state index contributed by atoms with van der Waals surface area (Å²) in [4.78, 5) is 38.7. The van der Waals surface area contributed by atoms with Crippen LogP contribution in [0.5, 0.6) is 0 Å². The summed E-state index contributed by atoms with van der Waals surface area (Å²) in [6, 6.07) is 14.5. The number of nitrogens with one attached hydrogen (secondary N) is 2. The maximum Gasteiger partial charge on any atom is 0.328 e. The number of hydrogen-bond donors (Lipinski definition) is 2. The molecule has 2 aromatic carbocycles. The second-order valence-corrected chi connectivity index (χ2v) is 5.56. The Bertz CT molecular complexity index is 1000. The molecule has 6 nitrogen and oxygen atoms in total. The third-order valence-corrected chi connectivity index (χ3v) is 3.77. The summed E-state index contributed by atoms with van der Waals surface area (Å²) in [5, 5.41) is 3.01. The molecule has 122 valence electrons. The molecule has 6 heteroatoms. The van der Waals surface area contributed by atoms with Crippen LogP contribution < -0.4 is 16.6 Å². The zero-order chi connectivity index (χ0) is 17.1. The van der Waals surface area contributed by atoms with Gasteiger partial charge in [0.2, 0.25) is 5.91 Å². The lowest BCUT2D eigenvalue weighted by molar-refractivity contribution is -0.114. The van der Waals surface area contributed by atoms with Crippen molar-refractivity contribution in [3.8, 4) is 0 Å². The molecule has 1 aromatic heterocycles. The van der Waals surface area contributed by atoms with E-state index in [1.165, 1.54) is 11.5 Å². The van der Waals surface area contributed by atoms with Gasteiger partial charge in [0.25, 0.3) is 5.56 Å². The number of nitrogens with zero attached hydrogens (tertiary/aromatic N) is 1. The fourth-order valence-corrected chi connectivity index (χ4v) is 2.62. The van der Waals surface area contributed by atoms with Gasteiger partial charge in [-0.25, -0.2) is 4.79 Å². The van der Waals surface area contributed by atoms with E-state index in [-0.39, 0.29) is 11.5 Å². The van der Waals surface area contributed by atoms with Crippen LogP contribution in [0.15, 0.2) is 58.1 Å². The molecule has 24 heavy (non-hydrogen) atoms. The van der Waals surface area contributed by atoms with Gasteiger partial charge in [-0.2, -0.15) is 0 Å². The fraction of sp³-hybridized carbons (Fsp3) is 0.167. The second kappa shape index (κ2) is 6.54. The molecule has 0 fully saturated rings. The minimum atomic E-state index is -0.435. The highest BCUT2D eigenvalue weighted by molar-refractivity contribution is 5.91. The Morgan fingerprint density at radius 2 is 1.88 bits per heavy atom. The quantitative estimate of drug-likeness (QED) is 0.769. The number of H-pyrrole nitrogens is 1. The molecule has 2 N–H and O–H groups in total. The molecular weight excluding hydrogens is 306 g/mol. The number of anilines is 1. The SMILES string of the molecule is CC(=O)Nc1ccc2[nH]c(=O)n(CCc3ccccc3)c(=O)c2c1. The summed E-state index contributed by atoms with van der Waals surface area (Å²) in [5.74, 6) is -0.219. The molecule has 0 saturated heterocycles. The topological polar surface area (TPSA) is 84.0 Å². The van der Waals surface area contributed by atoms with E-state index in [0.717, 1.165) is 5.56 Å². The van der Waals surface area contributed by atoms with Crippen LogP contribution in [0.2, 0.25) is 0 Å². The lowest BCUT2D eigenvalue weighted by Crippen LogP contribution is -2.35. The first-order chi connectivity index (χ1) is 11.5. The number of aromatic amines is 1. The van der Waals surface area contributed by atoms with Crippen molar-refractivity contribution < 1.29 is 4.79 Å². The van der Waals surface area contributed by atoms with Gasteiger partial charge >= 0.3 is 5.69 Å². The standard InChI is InChI=1S/C18H17N3O3/c1-12(22)19-14-7-8-16-15(11-14)17(23)21(18(24)20-16)10-9-13-5-3-2-4-6-13/h2-8,11H,9-10H2,1H3,(H,19,22)(H,20,24). The van der Waals surface area contributed by atoms with Crippen molar-refractivity contribution in [1.82, 2.24) is 9.55 Å². The maximum atomic E-state index is 12.6. The van der Waals surface area contributed by atoms with Gasteiger partial charge in [-0.05, 0) is 30.2 Å². The number of benzene rings is 2.